The van der Waals surface area contributed by atoms with Crippen molar-refractivity contribution in [3.05, 3.63) is 51.4 Å². The van der Waals surface area contributed by atoms with E-state index in [1.807, 2.05) is 31.4 Å². The van der Waals surface area contributed by atoms with Gasteiger partial charge in [0, 0.05) is 24.2 Å². The lowest BCUT2D eigenvalue weighted by Crippen LogP contribution is -2.46. The molecule has 3 aromatic rings. The van der Waals surface area contributed by atoms with E-state index in [9.17, 15) is 9.59 Å². The molecule has 1 aromatic carbocycles. The maximum Gasteiger partial charge on any atom is 0.262 e. The Hall–Kier alpha value is -2.71. The third-order valence-electron chi connectivity index (χ3n) is 5.56. The molecule has 1 aliphatic rings. The number of halogens is 1. The van der Waals surface area contributed by atoms with Gasteiger partial charge in [-0.15, -0.1) is 21.5 Å². The molecule has 1 aliphatic heterocycles. The largest absolute Gasteiger partial charge is 0.339 e. The van der Waals surface area contributed by atoms with E-state index in [0.29, 0.717) is 15.6 Å². The molecule has 7 nitrogen and oxygen atoms in total. The van der Waals surface area contributed by atoms with Crippen molar-refractivity contribution in [2.75, 3.05) is 5.32 Å². The molecular formula is C23H26ClN5O2S. The molecule has 0 aliphatic carbocycles. The third-order valence-corrected chi connectivity index (χ3v) is 6.76. The Morgan fingerprint density at radius 2 is 2.00 bits per heavy atom. The molecule has 4 rings (SSSR count). The van der Waals surface area contributed by atoms with Gasteiger partial charge in [-0.25, -0.2) is 0 Å². The number of aryl methyl sites for hydroxylation is 1. The standard InChI is InChI=1S/C23H26ClN5O2S/c1-14(2)20(26-22(30)18-7-6-12-32-18)23(31)25-15-9-10-17(24)16(13-15)21-28-27-19-8-4-3-5-11-29(19)21/h6-7,9-10,12-14,20H,3-5,8,11H2,1-2H3,(H,25,31)(H,26,30). The van der Waals surface area contributed by atoms with Crippen molar-refractivity contribution in [3.8, 4) is 11.4 Å². The van der Waals surface area contributed by atoms with Crippen molar-refractivity contribution in [3.63, 3.8) is 0 Å². The van der Waals surface area contributed by atoms with Gasteiger partial charge in [-0.2, -0.15) is 0 Å². The van der Waals surface area contributed by atoms with Gasteiger partial charge in [0.25, 0.3) is 5.91 Å². The van der Waals surface area contributed by atoms with E-state index in [-0.39, 0.29) is 17.7 Å². The summed E-state index contributed by atoms with van der Waals surface area (Å²) in [6.45, 7) is 4.66. The molecule has 0 saturated heterocycles. The molecule has 0 radical (unpaired) electrons. The molecule has 2 amide bonds. The van der Waals surface area contributed by atoms with Crippen LogP contribution in [-0.2, 0) is 17.8 Å². The van der Waals surface area contributed by atoms with Crippen LogP contribution in [0.1, 0.15) is 48.6 Å². The van der Waals surface area contributed by atoms with Crippen LogP contribution in [-0.4, -0.2) is 32.6 Å². The number of fused-ring (bicyclic) bond motifs is 1. The van der Waals surface area contributed by atoms with Gasteiger partial charge in [-0.1, -0.05) is 37.9 Å². The summed E-state index contributed by atoms with van der Waals surface area (Å²) < 4.78 is 2.12. The number of amides is 2. The first-order valence-corrected chi connectivity index (χ1v) is 12.1. The van der Waals surface area contributed by atoms with Crippen LogP contribution < -0.4 is 10.6 Å². The average molecular weight is 472 g/mol. The van der Waals surface area contributed by atoms with Crippen molar-refractivity contribution < 1.29 is 9.59 Å². The highest BCUT2D eigenvalue weighted by molar-refractivity contribution is 7.12. The second-order valence-electron chi connectivity index (χ2n) is 8.26. The highest BCUT2D eigenvalue weighted by atomic mass is 35.5. The van der Waals surface area contributed by atoms with Gasteiger partial charge in [0.15, 0.2) is 5.82 Å². The molecule has 0 saturated carbocycles. The Morgan fingerprint density at radius 1 is 1.16 bits per heavy atom. The van der Waals surface area contributed by atoms with Crippen molar-refractivity contribution in [1.29, 1.82) is 0 Å². The summed E-state index contributed by atoms with van der Waals surface area (Å²) in [5.74, 6) is 1.07. The predicted octanol–water partition coefficient (Wildman–Crippen LogP) is 4.78. The minimum absolute atomic E-state index is 0.0852. The van der Waals surface area contributed by atoms with E-state index in [4.69, 9.17) is 11.6 Å². The number of benzene rings is 1. The molecule has 0 bridgehead atoms. The van der Waals surface area contributed by atoms with Crippen molar-refractivity contribution in [2.24, 2.45) is 5.92 Å². The van der Waals surface area contributed by atoms with Crippen LogP contribution in [0.4, 0.5) is 5.69 Å². The van der Waals surface area contributed by atoms with Crippen LogP contribution in [0.15, 0.2) is 35.7 Å². The first-order valence-electron chi connectivity index (χ1n) is 10.8. The first-order chi connectivity index (χ1) is 15.4. The molecule has 0 fully saturated rings. The van der Waals surface area contributed by atoms with E-state index in [0.717, 1.165) is 43.0 Å². The van der Waals surface area contributed by atoms with Gasteiger partial charge in [-0.05, 0) is 48.4 Å². The summed E-state index contributed by atoms with van der Waals surface area (Å²) in [6, 6.07) is 8.20. The van der Waals surface area contributed by atoms with E-state index >= 15 is 0 Å². The molecular weight excluding hydrogens is 446 g/mol. The molecule has 0 spiro atoms. The van der Waals surface area contributed by atoms with Gasteiger partial charge in [-0.3, -0.25) is 9.59 Å². The Morgan fingerprint density at radius 3 is 2.75 bits per heavy atom. The second-order valence-corrected chi connectivity index (χ2v) is 9.61. The zero-order chi connectivity index (χ0) is 22.7. The monoisotopic (exact) mass is 471 g/mol. The first kappa shape index (κ1) is 22.5. The van der Waals surface area contributed by atoms with Crippen molar-refractivity contribution in [2.45, 2.75) is 52.1 Å². The molecule has 2 aromatic heterocycles. The molecule has 168 valence electrons. The van der Waals surface area contributed by atoms with Gasteiger partial charge >= 0.3 is 0 Å². The number of carbonyl (C=O) groups excluding carboxylic acids is 2. The van der Waals surface area contributed by atoms with Crippen LogP contribution in [0, 0.1) is 5.92 Å². The quantitative estimate of drug-likeness (QED) is 0.541. The van der Waals surface area contributed by atoms with Crippen LogP contribution in [0.2, 0.25) is 5.02 Å². The summed E-state index contributed by atoms with van der Waals surface area (Å²) in [5, 5.41) is 16.9. The number of nitrogens with one attached hydrogen (secondary N) is 2. The van der Waals surface area contributed by atoms with Gasteiger partial charge in [0.1, 0.15) is 11.9 Å². The molecule has 2 N–H and O–H groups in total. The van der Waals surface area contributed by atoms with Crippen molar-refractivity contribution >= 4 is 40.4 Å². The Bertz CT molecular complexity index is 1110. The predicted molar refractivity (Wildman–Crippen MR) is 127 cm³/mol. The van der Waals surface area contributed by atoms with E-state index in [1.54, 1.807) is 18.2 Å². The molecule has 1 atom stereocenters. The fourth-order valence-electron chi connectivity index (χ4n) is 3.83. The van der Waals surface area contributed by atoms with E-state index in [1.165, 1.54) is 17.8 Å². The summed E-state index contributed by atoms with van der Waals surface area (Å²) in [5.41, 5.74) is 1.32. The molecule has 3 heterocycles. The highest BCUT2D eigenvalue weighted by Crippen LogP contribution is 2.31. The summed E-state index contributed by atoms with van der Waals surface area (Å²) in [6.07, 6.45) is 4.25. The van der Waals surface area contributed by atoms with E-state index in [2.05, 4.69) is 25.4 Å². The number of nitrogens with zero attached hydrogens (tertiary/aromatic N) is 3. The zero-order valence-electron chi connectivity index (χ0n) is 18.1. The average Bonchev–Trinajstić information content (AvgIpc) is 3.38. The van der Waals surface area contributed by atoms with E-state index < -0.39 is 6.04 Å². The normalized spacial score (nSPS) is 14.5. The smallest absolute Gasteiger partial charge is 0.262 e. The number of hydrogen-bond donors (Lipinski definition) is 2. The van der Waals surface area contributed by atoms with Gasteiger partial charge in [0.05, 0.1) is 9.90 Å². The van der Waals surface area contributed by atoms with Crippen molar-refractivity contribution in [1.82, 2.24) is 20.1 Å². The van der Waals surface area contributed by atoms with Crippen LogP contribution in [0.3, 0.4) is 0 Å². The summed E-state index contributed by atoms with van der Waals surface area (Å²) >= 11 is 7.84. The Kier molecular flexibility index (Phi) is 6.91. The van der Waals surface area contributed by atoms with Crippen LogP contribution in [0.25, 0.3) is 11.4 Å². The maximum atomic E-state index is 13.0. The second kappa shape index (κ2) is 9.83. The minimum atomic E-state index is -0.673. The molecule has 32 heavy (non-hydrogen) atoms. The lowest BCUT2D eigenvalue weighted by Gasteiger charge is -2.21. The highest BCUT2D eigenvalue weighted by Gasteiger charge is 2.26. The fraction of sp³-hybridized carbons (Fsp3) is 0.391. The number of aromatic nitrogens is 3. The fourth-order valence-corrected chi connectivity index (χ4v) is 4.66. The summed E-state index contributed by atoms with van der Waals surface area (Å²) in [4.78, 5) is 26.1. The van der Waals surface area contributed by atoms with Crippen LogP contribution >= 0.6 is 22.9 Å². The van der Waals surface area contributed by atoms with Gasteiger partial charge < -0.3 is 15.2 Å². The molecule has 9 heteroatoms. The number of rotatable bonds is 6. The number of hydrogen-bond acceptors (Lipinski definition) is 5. The van der Waals surface area contributed by atoms with Crippen LogP contribution in [0.5, 0.6) is 0 Å². The lowest BCUT2D eigenvalue weighted by molar-refractivity contribution is -0.118. The minimum Gasteiger partial charge on any atom is -0.339 e. The Labute approximate surface area is 196 Å². The number of anilines is 1. The lowest BCUT2D eigenvalue weighted by atomic mass is 10.0. The zero-order valence-corrected chi connectivity index (χ0v) is 19.7. The number of carbonyl (C=O) groups is 2. The number of thiophene rings is 1. The SMILES string of the molecule is CC(C)C(NC(=O)c1cccs1)C(=O)Nc1ccc(Cl)c(-c2nnc3n2CCCCC3)c1. The maximum absolute atomic E-state index is 13.0. The third kappa shape index (κ3) is 4.86. The summed E-state index contributed by atoms with van der Waals surface area (Å²) in [7, 11) is 0. The Balaban J connectivity index is 1.55. The van der Waals surface area contributed by atoms with Gasteiger partial charge in [0.2, 0.25) is 5.91 Å². The molecule has 1 unspecified atom stereocenters. The topological polar surface area (TPSA) is 88.9 Å².